The Balaban J connectivity index is 2.61. The summed E-state index contributed by atoms with van der Waals surface area (Å²) in [6.07, 6.45) is 0.690. The van der Waals surface area contributed by atoms with Gasteiger partial charge in [0.05, 0.1) is 18.4 Å². The van der Waals surface area contributed by atoms with E-state index in [0.717, 1.165) is 0 Å². The number of carboxylic acid groups (broad SMARTS) is 1. The van der Waals surface area contributed by atoms with Gasteiger partial charge in [0.2, 0.25) is 5.91 Å². The average Bonchev–Trinajstić information content (AvgIpc) is 2.80. The van der Waals surface area contributed by atoms with E-state index in [1.54, 1.807) is 6.92 Å². The molecule has 0 aromatic carbocycles. The van der Waals surface area contributed by atoms with Crippen LogP contribution in [0.15, 0.2) is 0 Å². The van der Waals surface area contributed by atoms with Crippen LogP contribution in [0.5, 0.6) is 0 Å². The number of carbonyl (C=O) groups is 3. The summed E-state index contributed by atoms with van der Waals surface area (Å²) in [7, 11) is 0. The summed E-state index contributed by atoms with van der Waals surface area (Å²) in [5, 5.41) is 8.99. The molecule has 2 atom stereocenters. The molecule has 0 spiro atoms. The van der Waals surface area contributed by atoms with Gasteiger partial charge in [-0.1, -0.05) is 6.92 Å². The van der Waals surface area contributed by atoms with Gasteiger partial charge in [0.1, 0.15) is 6.04 Å². The molecule has 1 amide bonds. The number of hydrogen-bond acceptors (Lipinski definition) is 5. The fourth-order valence-corrected chi connectivity index (χ4v) is 3.34. The second kappa shape index (κ2) is 7.37. The van der Waals surface area contributed by atoms with Crippen molar-refractivity contribution >= 4 is 29.6 Å². The van der Waals surface area contributed by atoms with Crippen molar-refractivity contribution in [2.75, 3.05) is 12.4 Å². The van der Waals surface area contributed by atoms with Crippen LogP contribution in [0, 0.1) is 0 Å². The molecule has 1 aliphatic heterocycles. The summed E-state index contributed by atoms with van der Waals surface area (Å²) >= 11 is 1.47. The normalized spacial score (nSPS) is 22.3. The molecule has 0 bridgehead atoms. The summed E-state index contributed by atoms with van der Waals surface area (Å²) in [6, 6.07) is -0.787. The number of carbonyl (C=O) groups excluding carboxylic acids is 2. The number of hydrogen-bond donors (Lipinski definition) is 1. The van der Waals surface area contributed by atoms with Crippen molar-refractivity contribution in [1.82, 2.24) is 4.90 Å². The van der Waals surface area contributed by atoms with Gasteiger partial charge in [-0.25, -0.2) is 4.79 Å². The van der Waals surface area contributed by atoms with Crippen LogP contribution in [0.3, 0.4) is 0 Å². The second-order valence-corrected chi connectivity index (χ2v) is 5.37. The van der Waals surface area contributed by atoms with Crippen molar-refractivity contribution in [3.05, 3.63) is 0 Å². The summed E-state index contributed by atoms with van der Waals surface area (Å²) in [6.45, 7) is 3.89. The number of rotatable bonds is 6. The topological polar surface area (TPSA) is 83.9 Å². The zero-order valence-electron chi connectivity index (χ0n) is 11.1. The van der Waals surface area contributed by atoms with E-state index in [1.807, 2.05) is 6.92 Å². The Morgan fingerprint density at radius 1 is 1.32 bits per heavy atom. The van der Waals surface area contributed by atoms with Crippen molar-refractivity contribution in [3.8, 4) is 0 Å². The van der Waals surface area contributed by atoms with E-state index in [2.05, 4.69) is 0 Å². The molecule has 108 valence electrons. The van der Waals surface area contributed by atoms with E-state index in [4.69, 9.17) is 9.84 Å². The average molecular weight is 289 g/mol. The van der Waals surface area contributed by atoms with Gasteiger partial charge >= 0.3 is 11.9 Å². The molecule has 19 heavy (non-hydrogen) atoms. The molecule has 1 saturated heterocycles. The van der Waals surface area contributed by atoms with Crippen molar-refractivity contribution < 1.29 is 24.2 Å². The van der Waals surface area contributed by atoms with Crippen LogP contribution in [-0.2, 0) is 19.1 Å². The first-order valence-corrected chi connectivity index (χ1v) is 7.37. The van der Waals surface area contributed by atoms with Gasteiger partial charge in [-0.15, -0.1) is 11.8 Å². The Labute approximate surface area is 116 Å². The van der Waals surface area contributed by atoms with Crippen molar-refractivity contribution in [2.24, 2.45) is 0 Å². The monoisotopic (exact) mass is 289 g/mol. The van der Waals surface area contributed by atoms with Crippen molar-refractivity contribution in [1.29, 1.82) is 0 Å². The van der Waals surface area contributed by atoms with Gasteiger partial charge in [-0.05, 0) is 13.3 Å². The number of thioether (sulfide) groups is 1. The highest BCUT2D eigenvalue weighted by molar-refractivity contribution is 8.00. The third kappa shape index (κ3) is 4.12. The number of esters is 1. The molecule has 6 nitrogen and oxygen atoms in total. The third-order valence-electron chi connectivity index (χ3n) is 2.86. The first kappa shape index (κ1) is 15.8. The van der Waals surface area contributed by atoms with Crippen LogP contribution < -0.4 is 0 Å². The van der Waals surface area contributed by atoms with Crippen LogP contribution in [0.1, 0.15) is 33.1 Å². The van der Waals surface area contributed by atoms with E-state index >= 15 is 0 Å². The predicted octanol–water partition coefficient (Wildman–Crippen LogP) is 1.09. The lowest BCUT2D eigenvalue weighted by atomic mass is 10.2. The maximum absolute atomic E-state index is 12.1. The zero-order valence-corrected chi connectivity index (χ0v) is 11.9. The van der Waals surface area contributed by atoms with Gasteiger partial charge in [-0.2, -0.15) is 0 Å². The van der Waals surface area contributed by atoms with Gasteiger partial charge in [0.25, 0.3) is 0 Å². The fraction of sp³-hybridized carbons (Fsp3) is 0.750. The van der Waals surface area contributed by atoms with Gasteiger partial charge in [-0.3, -0.25) is 9.59 Å². The highest BCUT2D eigenvalue weighted by Gasteiger charge is 2.40. The predicted molar refractivity (Wildman–Crippen MR) is 70.7 cm³/mol. The van der Waals surface area contributed by atoms with E-state index in [-0.39, 0.29) is 30.7 Å². The molecule has 0 aromatic heterocycles. The number of carboxylic acids is 1. The van der Waals surface area contributed by atoms with Gasteiger partial charge in [0.15, 0.2) is 0 Å². The fourth-order valence-electron chi connectivity index (χ4n) is 1.97. The molecular formula is C12H19NO5S. The highest BCUT2D eigenvalue weighted by atomic mass is 32.2. The van der Waals surface area contributed by atoms with Crippen LogP contribution in [0.25, 0.3) is 0 Å². The Bertz CT molecular complexity index is 360. The molecule has 2 unspecified atom stereocenters. The maximum Gasteiger partial charge on any atom is 0.327 e. The minimum Gasteiger partial charge on any atom is -0.480 e. The van der Waals surface area contributed by atoms with Crippen molar-refractivity contribution in [2.45, 2.75) is 44.5 Å². The third-order valence-corrected chi connectivity index (χ3v) is 4.32. The molecule has 1 heterocycles. The molecule has 0 radical (unpaired) electrons. The minimum atomic E-state index is -0.993. The largest absolute Gasteiger partial charge is 0.480 e. The lowest BCUT2D eigenvalue weighted by Gasteiger charge is -2.26. The second-order valence-electron chi connectivity index (χ2n) is 4.16. The molecule has 0 aliphatic carbocycles. The Kier molecular flexibility index (Phi) is 6.14. The molecule has 1 aliphatic rings. The minimum absolute atomic E-state index is 0.000324. The van der Waals surface area contributed by atoms with E-state index < -0.39 is 18.0 Å². The molecule has 1 rings (SSSR count). The summed E-state index contributed by atoms with van der Waals surface area (Å²) in [4.78, 5) is 35.8. The smallest absolute Gasteiger partial charge is 0.327 e. The van der Waals surface area contributed by atoms with E-state index in [9.17, 15) is 14.4 Å². The molecule has 1 N–H and O–H groups in total. The quantitative estimate of drug-likeness (QED) is 0.737. The Hall–Kier alpha value is -1.24. The Morgan fingerprint density at radius 2 is 2.00 bits per heavy atom. The summed E-state index contributed by atoms with van der Waals surface area (Å²) in [5.74, 6) is -1.31. The lowest BCUT2D eigenvalue weighted by molar-refractivity contribution is -0.150. The van der Waals surface area contributed by atoms with E-state index in [1.165, 1.54) is 16.7 Å². The molecule has 7 heteroatoms. The summed E-state index contributed by atoms with van der Waals surface area (Å²) < 4.78 is 4.75. The first-order valence-electron chi connectivity index (χ1n) is 6.32. The number of amides is 1. The number of aliphatic carboxylic acids is 1. The molecular weight excluding hydrogens is 270 g/mol. The number of ether oxygens (including phenoxy) is 1. The van der Waals surface area contributed by atoms with Crippen LogP contribution in [0.4, 0.5) is 0 Å². The SMILES string of the molecule is CCOC(=O)CCC(=O)N1C(CC)SCC1C(=O)O. The van der Waals surface area contributed by atoms with Crippen LogP contribution >= 0.6 is 11.8 Å². The molecule has 1 fully saturated rings. The standard InChI is InChI=1S/C12H19NO5S/c1-3-10-13(8(7-19-10)12(16)17)9(14)5-6-11(15)18-4-2/h8,10H,3-7H2,1-2H3,(H,16,17). The molecule has 0 saturated carbocycles. The van der Waals surface area contributed by atoms with Crippen LogP contribution in [-0.4, -0.2) is 51.6 Å². The van der Waals surface area contributed by atoms with Crippen molar-refractivity contribution in [3.63, 3.8) is 0 Å². The molecule has 0 aromatic rings. The zero-order chi connectivity index (χ0) is 14.4. The Morgan fingerprint density at radius 3 is 2.53 bits per heavy atom. The summed E-state index contributed by atoms with van der Waals surface area (Å²) in [5.41, 5.74) is 0. The lowest BCUT2D eigenvalue weighted by Crippen LogP contribution is -2.45. The van der Waals surface area contributed by atoms with E-state index in [0.29, 0.717) is 12.2 Å². The number of nitrogens with zero attached hydrogens (tertiary/aromatic N) is 1. The van der Waals surface area contributed by atoms with Gasteiger partial charge < -0.3 is 14.7 Å². The van der Waals surface area contributed by atoms with Gasteiger partial charge in [0, 0.05) is 12.2 Å². The van der Waals surface area contributed by atoms with Crippen LogP contribution in [0.2, 0.25) is 0 Å². The highest BCUT2D eigenvalue weighted by Crippen LogP contribution is 2.32. The first-order chi connectivity index (χ1) is 9.01. The maximum atomic E-state index is 12.1.